The molecule has 35 heavy (non-hydrogen) atoms. The number of hydrogen-bond donors (Lipinski definition) is 2. The molecule has 0 atom stereocenters. The Hall–Kier alpha value is -4.98. The lowest BCUT2D eigenvalue weighted by Gasteiger charge is -2.11. The van der Waals surface area contributed by atoms with E-state index in [4.69, 9.17) is 9.47 Å². The van der Waals surface area contributed by atoms with Crippen molar-refractivity contribution in [3.05, 3.63) is 116 Å². The molecule has 2 heterocycles. The molecule has 2 aromatic heterocycles. The molecule has 172 valence electrons. The Kier molecular flexibility index (Phi) is 5.46. The summed E-state index contributed by atoms with van der Waals surface area (Å²) < 4.78 is 11.0. The smallest absolute Gasteiger partial charge is 0.344 e. The van der Waals surface area contributed by atoms with E-state index in [1.165, 1.54) is 18.2 Å². The summed E-state index contributed by atoms with van der Waals surface area (Å²) in [6.45, 7) is 1.75. The molecule has 0 aliphatic rings. The summed E-state index contributed by atoms with van der Waals surface area (Å²) in [5.74, 6) is -1.18. The normalized spacial score (nSPS) is 10.9. The summed E-state index contributed by atoms with van der Waals surface area (Å²) in [7, 11) is 0. The second kappa shape index (κ2) is 8.75. The van der Waals surface area contributed by atoms with Gasteiger partial charge < -0.3 is 19.4 Å². The van der Waals surface area contributed by atoms with E-state index in [2.05, 4.69) is 9.97 Å². The zero-order valence-corrected chi connectivity index (χ0v) is 18.5. The Morgan fingerprint density at radius 3 is 1.51 bits per heavy atom. The van der Waals surface area contributed by atoms with Crippen LogP contribution in [-0.2, 0) is 0 Å². The van der Waals surface area contributed by atoms with Crippen molar-refractivity contribution in [2.24, 2.45) is 0 Å². The summed E-state index contributed by atoms with van der Waals surface area (Å²) in [5, 5.41) is 1.08. The number of benzene rings is 3. The van der Waals surface area contributed by atoms with Crippen molar-refractivity contribution in [1.29, 1.82) is 0 Å². The lowest BCUT2D eigenvalue weighted by Crippen LogP contribution is -2.16. The quantitative estimate of drug-likeness (QED) is 0.304. The first kappa shape index (κ1) is 21.8. The van der Waals surface area contributed by atoms with Gasteiger partial charge in [-0.15, -0.1) is 0 Å². The predicted molar refractivity (Wildman–Crippen MR) is 130 cm³/mol. The highest BCUT2D eigenvalue weighted by Gasteiger charge is 2.17. The van der Waals surface area contributed by atoms with Crippen LogP contribution in [0.2, 0.25) is 0 Å². The van der Waals surface area contributed by atoms with Crippen LogP contribution in [0.3, 0.4) is 0 Å². The van der Waals surface area contributed by atoms with Crippen LogP contribution in [-0.4, -0.2) is 21.9 Å². The van der Waals surface area contributed by atoms with E-state index in [0.717, 1.165) is 0 Å². The number of rotatable bonds is 4. The molecule has 0 bridgehead atoms. The van der Waals surface area contributed by atoms with Crippen LogP contribution < -0.4 is 20.6 Å². The standard InChI is InChI=1S/C27H18N2O6/c1-15-10-16(34-26(32)20-13-24(30)28-22-8-4-2-6-18(20)22)12-17(11-15)35-27(33)21-14-25(31)29-23-9-5-3-7-19(21)23/h2-14H,1H3,(H,28,30)(H,29,31). The number of esters is 2. The maximum Gasteiger partial charge on any atom is 0.344 e. The molecule has 0 unspecified atom stereocenters. The number of carbonyl (C=O) groups excluding carboxylic acids is 2. The molecule has 8 heteroatoms. The fourth-order valence-corrected chi connectivity index (χ4v) is 3.90. The van der Waals surface area contributed by atoms with Crippen molar-refractivity contribution in [1.82, 2.24) is 9.97 Å². The molecule has 2 N–H and O–H groups in total. The zero-order chi connectivity index (χ0) is 24.5. The third kappa shape index (κ3) is 4.45. The summed E-state index contributed by atoms with van der Waals surface area (Å²) in [5.41, 5.74) is 1.05. The van der Waals surface area contributed by atoms with Gasteiger partial charge in [0.05, 0.1) is 11.1 Å². The summed E-state index contributed by atoms with van der Waals surface area (Å²) in [4.78, 5) is 55.2. The largest absolute Gasteiger partial charge is 0.423 e. The molecule has 8 nitrogen and oxygen atoms in total. The van der Waals surface area contributed by atoms with Crippen molar-refractivity contribution in [3.63, 3.8) is 0 Å². The minimum Gasteiger partial charge on any atom is -0.423 e. The third-order valence-electron chi connectivity index (χ3n) is 5.39. The maximum atomic E-state index is 12.9. The van der Waals surface area contributed by atoms with Crippen molar-refractivity contribution in [2.75, 3.05) is 0 Å². The highest BCUT2D eigenvalue weighted by Crippen LogP contribution is 2.26. The fraction of sp³-hybridized carbons (Fsp3) is 0.0370. The Labute approximate surface area is 197 Å². The van der Waals surface area contributed by atoms with Gasteiger partial charge in [-0.05, 0) is 36.8 Å². The molecule has 5 aromatic rings. The van der Waals surface area contributed by atoms with Crippen molar-refractivity contribution in [3.8, 4) is 11.5 Å². The van der Waals surface area contributed by atoms with E-state index < -0.39 is 23.1 Å². The van der Waals surface area contributed by atoms with Gasteiger partial charge in [0.15, 0.2) is 0 Å². The number of para-hydroxylation sites is 2. The Bertz CT molecular complexity index is 1620. The first-order valence-corrected chi connectivity index (χ1v) is 10.7. The lowest BCUT2D eigenvalue weighted by molar-refractivity contribution is 0.0734. The number of aromatic nitrogens is 2. The minimum atomic E-state index is -0.726. The van der Waals surface area contributed by atoms with Crippen LogP contribution in [0.1, 0.15) is 26.3 Å². The molecular weight excluding hydrogens is 448 g/mol. The summed E-state index contributed by atoms with van der Waals surface area (Å²) in [6, 6.07) is 20.8. The van der Waals surface area contributed by atoms with E-state index in [1.807, 2.05) is 0 Å². The number of nitrogens with one attached hydrogen (secondary N) is 2. The van der Waals surface area contributed by atoms with Crippen LogP contribution in [0.25, 0.3) is 21.8 Å². The molecule has 3 aromatic carbocycles. The number of H-pyrrole nitrogens is 2. The van der Waals surface area contributed by atoms with Crippen LogP contribution in [0.4, 0.5) is 0 Å². The van der Waals surface area contributed by atoms with E-state index in [1.54, 1.807) is 67.6 Å². The molecule has 5 rings (SSSR count). The molecule has 0 fully saturated rings. The Morgan fingerprint density at radius 1 is 0.629 bits per heavy atom. The van der Waals surface area contributed by atoms with Gasteiger partial charge in [-0.2, -0.15) is 0 Å². The second-order valence-corrected chi connectivity index (χ2v) is 7.95. The van der Waals surface area contributed by atoms with Crippen LogP contribution in [0, 0.1) is 6.92 Å². The number of hydrogen-bond acceptors (Lipinski definition) is 6. The summed E-state index contributed by atoms with van der Waals surface area (Å²) >= 11 is 0. The van der Waals surface area contributed by atoms with E-state index in [9.17, 15) is 19.2 Å². The molecule has 0 aliphatic carbocycles. The molecule has 0 saturated heterocycles. The van der Waals surface area contributed by atoms with Gasteiger partial charge >= 0.3 is 11.9 Å². The predicted octanol–water partition coefficient (Wildman–Crippen LogP) is 4.12. The fourth-order valence-electron chi connectivity index (χ4n) is 3.90. The van der Waals surface area contributed by atoms with Gasteiger partial charge in [0.2, 0.25) is 11.1 Å². The lowest BCUT2D eigenvalue weighted by atomic mass is 10.1. The van der Waals surface area contributed by atoms with Gasteiger partial charge in [-0.3, -0.25) is 9.59 Å². The van der Waals surface area contributed by atoms with Crippen LogP contribution in [0.5, 0.6) is 11.5 Å². The van der Waals surface area contributed by atoms with Crippen molar-refractivity contribution in [2.45, 2.75) is 6.92 Å². The average Bonchev–Trinajstić information content (AvgIpc) is 2.82. The van der Waals surface area contributed by atoms with Crippen LogP contribution >= 0.6 is 0 Å². The first-order chi connectivity index (χ1) is 16.9. The zero-order valence-electron chi connectivity index (χ0n) is 18.5. The summed E-state index contributed by atoms with van der Waals surface area (Å²) in [6.07, 6.45) is 0. The molecular formula is C27H18N2O6. The van der Waals surface area contributed by atoms with E-state index >= 15 is 0 Å². The van der Waals surface area contributed by atoms with Gasteiger partial charge in [-0.25, -0.2) is 9.59 Å². The highest BCUT2D eigenvalue weighted by molar-refractivity contribution is 6.05. The monoisotopic (exact) mass is 466 g/mol. The van der Waals surface area contributed by atoms with Gasteiger partial charge in [0.1, 0.15) is 11.5 Å². The molecule has 0 aliphatic heterocycles. The number of aryl methyl sites for hydroxylation is 1. The van der Waals surface area contributed by atoms with Crippen molar-refractivity contribution >= 4 is 33.7 Å². The number of carbonyl (C=O) groups is 2. The maximum absolute atomic E-state index is 12.9. The van der Waals surface area contributed by atoms with E-state index in [-0.39, 0.29) is 22.6 Å². The number of pyridine rings is 2. The van der Waals surface area contributed by atoms with Crippen molar-refractivity contribution < 1.29 is 19.1 Å². The van der Waals surface area contributed by atoms with Gasteiger partial charge in [0.25, 0.3) is 0 Å². The first-order valence-electron chi connectivity index (χ1n) is 10.7. The second-order valence-electron chi connectivity index (χ2n) is 7.95. The van der Waals surface area contributed by atoms with Gasteiger partial charge in [-0.1, -0.05) is 36.4 Å². The average molecular weight is 466 g/mol. The van der Waals surface area contributed by atoms with Gasteiger partial charge in [0, 0.05) is 40.0 Å². The Morgan fingerprint density at radius 2 is 1.06 bits per heavy atom. The molecule has 0 saturated carbocycles. The number of fused-ring (bicyclic) bond motifs is 2. The topological polar surface area (TPSA) is 118 Å². The molecule has 0 radical (unpaired) electrons. The number of ether oxygens (including phenoxy) is 2. The van der Waals surface area contributed by atoms with Crippen LogP contribution in [0.15, 0.2) is 88.5 Å². The highest BCUT2D eigenvalue weighted by atomic mass is 16.5. The number of aromatic amines is 2. The Balaban J connectivity index is 1.45. The van der Waals surface area contributed by atoms with E-state index in [0.29, 0.717) is 27.4 Å². The SMILES string of the molecule is Cc1cc(OC(=O)c2cc(=O)[nH]c3ccccc23)cc(OC(=O)c2cc(=O)[nH]c3ccccc23)c1. The minimum absolute atomic E-state index is 0.111. The third-order valence-corrected chi connectivity index (χ3v) is 5.39. The molecule has 0 amide bonds. The molecule has 0 spiro atoms.